The fraction of sp³-hybridized carbons (Fsp3) is 0.846. The molecule has 0 aromatic heterocycles. The molecule has 1 rings (SSSR count). The van der Waals surface area contributed by atoms with Gasteiger partial charge in [-0.05, 0) is 44.9 Å². The Bertz CT molecular complexity index is 286. The van der Waals surface area contributed by atoms with Crippen LogP contribution in [-0.2, 0) is 4.79 Å². The van der Waals surface area contributed by atoms with Crippen LogP contribution in [0.3, 0.4) is 0 Å². The van der Waals surface area contributed by atoms with Gasteiger partial charge in [0.25, 0.3) is 0 Å². The third-order valence-electron chi connectivity index (χ3n) is 3.52. The summed E-state index contributed by atoms with van der Waals surface area (Å²) in [6, 6.07) is -0.0103. The molecule has 0 saturated heterocycles. The molecule has 1 saturated carbocycles. The normalized spacial score (nSPS) is 25.2. The van der Waals surface area contributed by atoms with Gasteiger partial charge in [0.2, 0.25) is 0 Å². The second kappa shape index (κ2) is 7.24. The number of aliphatic carboxylic acids is 1. The Labute approximate surface area is 108 Å². The van der Waals surface area contributed by atoms with Crippen LogP contribution in [0.5, 0.6) is 0 Å². The summed E-state index contributed by atoms with van der Waals surface area (Å²) in [7, 11) is 0. The zero-order valence-electron chi connectivity index (χ0n) is 11.2. The fourth-order valence-electron chi connectivity index (χ4n) is 2.27. The number of hydrogen-bond donors (Lipinski definition) is 3. The highest BCUT2D eigenvalue weighted by molar-refractivity contribution is 5.74. The smallest absolute Gasteiger partial charge is 0.315 e. The number of carboxylic acids is 1. The summed E-state index contributed by atoms with van der Waals surface area (Å²) >= 11 is 0. The highest BCUT2D eigenvalue weighted by atomic mass is 16.4. The monoisotopic (exact) mass is 256 g/mol. The fourth-order valence-corrected chi connectivity index (χ4v) is 2.27. The number of nitrogens with one attached hydrogen (secondary N) is 2. The first kappa shape index (κ1) is 14.8. The second-order valence-electron chi connectivity index (χ2n) is 5.41. The van der Waals surface area contributed by atoms with Gasteiger partial charge in [0.15, 0.2) is 0 Å². The maximum atomic E-state index is 11.7. The zero-order valence-corrected chi connectivity index (χ0v) is 11.2. The van der Waals surface area contributed by atoms with Crippen LogP contribution in [0.15, 0.2) is 0 Å². The Balaban J connectivity index is 2.18. The van der Waals surface area contributed by atoms with E-state index in [1.165, 1.54) is 12.8 Å². The first-order chi connectivity index (χ1) is 8.47. The molecule has 0 aliphatic heterocycles. The van der Waals surface area contributed by atoms with Gasteiger partial charge in [-0.2, -0.15) is 0 Å². The number of urea groups is 1. The van der Waals surface area contributed by atoms with Crippen LogP contribution < -0.4 is 10.6 Å². The summed E-state index contributed by atoms with van der Waals surface area (Å²) in [5, 5.41) is 14.3. The van der Waals surface area contributed by atoms with E-state index >= 15 is 0 Å². The van der Waals surface area contributed by atoms with Crippen molar-refractivity contribution in [1.82, 2.24) is 10.6 Å². The molecular formula is C13H24N2O3. The van der Waals surface area contributed by atoms with E-state index < -0.39 is 5.97 Å². The maximum Gasteiger partial charge on any atom is 0.315 e. The van der Waals surface area contributed by atoms with Gasteiger partial charge >= 0.3 is 12.0 Å². The predicted octanol–water partition coefficient (Wildman–Crippen LogP) is 2.12. The lowest BCUT2D eigenvalue weighted by molar-refractivity contribution is -0.137. The number of carboxylic acid groups (broad SMARTS) is 1. The third kappa shape index (κ3) is 5.89. The molecule has 3 N–H and O–H groups in total. The van der Waals surface area contributed by atoms with Crippen molar-refractivity contribution in [3.63, 3.8) is 0 Å². The quantitative estimate of drug-likeness (QED) is 0.705. The van der Waals surface area contributed by atoms with Crippen molar-refractivity contribution >= 4 is 12.0 Å². The number of carbonyl (C=O) groups is 2. The highest BCUT2D eigenvalue weighted by Gasteiger charge is 2.20. The summed E-state index contributed by atoms with van der Waals surface area (Å²) in [6.07, 6.45) is 4.96. The predicted molar refractivity (Wildman–Crippen MR) is 69.4 cm³/mol. The average molecular weight is 256 g/mol. The summed E-state index contributed by atoms with van der Waals surface area (Å²) in [5.74, 6) is -0.0640. The molecule has 1 atom stereocenters. The Kier molecular flexibility index (Phi) is 5.95. The van der Waals surface area contributed by atoms with Crippen molar-refractivity contribution in [2.75, 3.05) is 0 Å². The molecule has 0 radical (unpaired) electrons. The van der Waals surface area contributed by atoms with Crippen molar-refractivity contribution in [3.05, 3.63) is 0 Å². The number of amides is 2. The molecule has 0 aromatic rings. The first-order valence-corrected chi connectivity index (χ1v) is 6.76. The summed E-state index contributed by atoms with van der Waals surface area (Å²) in [5.41, 5.74) is 0. The van der Waals surface area contributed by atoms with Crippen molar-refractivity contribution in [3.8, 4) is 0 Å². The van der Waals surface area contributed by atoms with Crippen molar-refractivity contribution in [2.24, 2.45) is 5.92 Å². The lowest BCUT2D eigenvalue weighted by atomic mass is 9.87. The molecule has 2 amide bonds. The van der Waals surface area contributed by atoms with E-state index in [1.54, 1.807) is 0 Å². The van der Waals surface area contributed by atoms with Gasteiger partial charge in [0, 0.05) is 18.5 Å². The van der Waals surface area contributed by atoms with Gasteiger partial charge in [-0.1, -0.05) is 6.92 Å². The minimum Gasteiger partial charge on any atom is -0.481 e. The van der Waals surface area contributed by atoms with Gasteiger partial charge in [-0.15, -0.1) is 0 Å². The Hall–Kier alpha value is -1.26. The molecule has 1 fully saturated rings. The Morgan fingerprint density at radius 1 is 1.28 bits per heavy atom. The number of carbonyl (C=O) groups excluding carboxylic acids is 1. The van der Waals surface area contributed by atoms with Gasteiger partial charge in [0.1, 0.15) is 0 Å². The Morgan fingerprint density at radius 2 is 1.89 bits per heavy atom. The van der Waals surface area contributed by atoms with Crippen molar-refractivity contribution in [2.45, 2.75) is 64.5 Å². The van der Waals surface area contributed by atoms with E-state index in [9.17, 15) is 9.59 Å². The molecule has 0 bridgehead atoms. The van der Waals surface area contributed by atoms with E-state index in [0.717, 1.165) is 18.8 Å². The largest absolute Gasteiger partial charge is 0.481 e. The molecule has 5 heteroatoms. The van der Waals surface area contributed by atoms with E-state index in [-0.39, 0.29) is 24.5 Å². The summed E-state index contributed by atoms with van der Waals surface area (Å²) in [4.78, 5) is 22.1. The summed E-state index contributed by atoms with van der Waals surface area (Å²) < 4.78 is 0. The maximum absolute atomic E-state index is 11.7. The van der Waals surface area contributed by atoms with E-state index in [4.69, 9.17) is 5.11 Å². The van der Waals surface area contributed by atoms with Crippen LogP contribution in [0, 0.1) is 5.92 Å². The van der Waals surface area contributed by atoms with E-state index in [0.29, 0.717) is 6.42 Å². The van der Waals surface area contributed by atoms with Crippen LogP contribution >= 0.6 is 0 Å². The second-order valence-corrected chi connectivity index (χ2v) is 5.41. The number of rotatable bonds is 5. The third-order valence-corrected chi connectivity index (χ3v) is 3.52. The number of hydrogen-bond acceptors (Lipinski definition) is 2. The molecule has 104 valence electrons. The minimum absolute atomic E-state index is 0.0857. The van der Waals surface area contributed by atoms with Gasteiger partial charge in [0.05, 0.1) is 0 Å². The van der Waals surface area contributed by atoms with Crippen LogP contribution in [0.1, 0.15) is 52.4 Å². The Morgan fingerprint density at radius 3 is 2.44 bits per heavy atom. The molecule has 1 aliphatic carbocycles. The minimum atomic E-state index is -0.828. The summed E-state index contributed by atoms with van der Waals surface area (Å²) in [6.45, 7) is 4.07. The van der Waals surface area contributed by atoms with E-state index in [2.05, 4.69) is 17.6 Å². The van der Waals surface area contributed by atoms with Crippen molar-refractivity contribution in [1.29, 1.82) is 0 Å². The molecule has 1 aliphatic rings. The molecule has 5 nitrogen and oxygen atoms in total. The molecule has 0 spiro atoms. The SMILES string of the molecule is CC1CCC(NC(=O)NC(C)CCC(=O)O)CC1. The standard InChI is InChI=1S/C13H24N2O3/c1-9-3-6-11(7-4-9)15-13(18)14-10(2)5-8-12(16)17/h9-11H,3-8H2,1-2H3,(H,16,17)(H2,14,15,18). The topological polar surface area (TPSA) is 78.4 Å². The van der Waals surface area contributed by atoms with Gasteiger partial charge in [-0.3, -0.25) is 4.79 Å². The van der Waals surface area contributed by atoms with Gasteiger partial charge in [-0.25, -0.2) is 4.79 Å². The molecule has 18 heavy (non-hydrogen) atoms. The first-order valence-electron chi connectivity index (χ1n) is 6.76. The van der Waals surface area contributed by atoms with Crippen LogP contribution in [-0.4, -0.2) is 29.2 Å². The van der Waals surface area contributed by atoms with Crippen LogP contribution in [0.25, 0.3) is 0 Å². The molecule has 0 heterocycles. The van der Waals surface area contributed by atoms with Crippen LogP contribution in [0.4, 0.5) is 4.79 Å². The molecule has 1 unspecified atom stereocenters. The zero-order chi connectivity index (χ0) is 13.5. The van der Waals surface area contributed by atoms with Crippen LogP contribution in [0.2, 0.25) is 0 Å². The average Bonchev–Trinajstić information content (AvgIpc) is 2.29. The lowest BCUT2D eigenvalue weighted by Crippen LogP contribution is -2.46. The lowest BCUT2D eigenvalue weighted by Gasteiger charge is -2.27. The molecular weight excluding hydrogens is 232 g/mol. The molecule has 0 aromatic carbocycles. The van der Waals surface area contributed by atoms with E-state index in [1.807, 2.05) is 6.92 Å². The highest BCUT2D eigenvalue weighted by Crippen LogP contribution is 2.23. The van der Waals surface area contributed by atoms with Crippen molar-refractivity contribution < 1.29 is 14.7 Å². The van der Waals surface area contributed by atoms with Gasteiger partial charge < -0.3 is 15.7 Å².